The van der Waals surface area contributed by atoms with Gasteiger partial charge in [0.25, 0.3) is 5.91 Å². The fourth-order valence-electron chi connectivity index (χ4n) is 1.62. The molecule has 2 aromatic rings. The number of nitrogens with zero attached hydrogens (tertiary/aromatic N) is 1. The molecule has 0 atom stereocenters. The lowest BCUT2D eigenvalue weighted by molar-refractivity contribution is 0.102. The van der Waals surface area contributed by atoms with Gasteiger partial charge >= 0.3 is 0 Å². The normalized spacial score (nSPS) is 10.7. The molecule has 1 aromatic carbocycles. The number of H-pyrrole nitrogens is 1. The molecule has 0 spiro atoms. The van der Waals surface area contributed by atoms with Gasteiger partial charge in [0.2, 0.25) is 0 Å². The highest BCUT2D eigenvalue weighted by Gasteiger charge is 2.12. The SMILES string of the molecule is CC(C)c1cc(NC(=O)c2ccc(Cl)cc2N)n[nH]1. The number of nitrogens with two attached hydrogens (primary N) is 1. The molecule has 0 saturated carbocycles. The van der Waals surface area contributed by atoms with Crippen LogP contribution < -0.4 is 11.1 Å². The Hall–Kier alpha value is -2.01. The Balaban J connectivity index is 2.16. The number of hydrogen-bond acceptors (Lipinski definition) is 3. The molecule has 2 rings (SSSR count). The van der Waals surface area contributed by atoms with E-state index in [1.807, 2.05) is 13.8 Å². The van der Waals surface area contributed by atoms with Crippen molar-refractivity contribution in [2.24, 2.45) is 0 Å². The van der Waals surface area contributed by atoms with Gasteiger partial charge in [-0.15, -0.1) is 0 Å². The van der Waals surface area contributed by atoms with Crippen LogP contribution in [0, 0.1) is 0 Å². The molecule has 0 aliphatic carbocycles. The minimum absolute atomic E-state index is 0.309. The summed E-state index contributed by atoms with van der Waals surface area (Å²) in [5.74, 6) is 0.484. The first-order valence-corrected chi connectivity index (χ1v) is 6.27. The van der Waals surface area contributed by atoms with Crippen LogP contribution in [0.4, 0.5) is 11.5 Å². The second-order valence-corrected chi connectivity index (χ2v) is 4.99. The molecule has 1 heterocycles. The smallest absolute Gasteiger partial charge is 0.258 e. The first-order chi connectivity index (χ1) is 8.97. The zero-order valence-corrected chi connectivity index (χ0v) is 11.5. The molecule has 1 amide bonds. The number of halogens is 1. The molecule has 0 aliphatic heterocycles. The van der Waals surface area contributed by atoms with Gasteiger partial charge in [0.05, 0.1) is 5.56 Å². The van der Waals surface area contributed by atoms with Crippen LogP contribution in [0.2, 0.25) is 5.02 Å². The molecule has 1 aromatic heterocycles. The number of nitrogens with one attached hydrogen (secondary N) is 2. The van der Waals surface area contributed by atoms with Crippen LogP contribution in [-0.4, -0.2) is 16.1 Å². The van der Waals surface area contributed by atoms with Crippen molar-refractivity contribution in [2.45, 2.75) is 19.8 Å². The molecule has 0 unspecified atom stereocenters. The number of carbonyl (C=O) groups is 1. The van der Waals surface area contributed by atoms with Crippen LogP contribution in [-0.2, 0) is 0 Å². The largest absolute Gasteiger partial charge is 0.398 e. The Kier molecular flexibility index (Phi) is 3.76. The van der Waals surface area contributed by atoms with E-state index in [-0.39, 0.29) is 5.91 Å². The summed E-state index contributed by atoms with van der Waals surface area (Å²) in [6.45, 7) is 4.08. The van der Waals surface area contributed by atoms with Gasteiger partial charge in [-0.05, 0) is 24.1 Å². The lowest BCUT2D eigenvalue weighted by Gasteiger charge is -2.05. The second kappa shape index (κ2) is 5.32. The summed E-state index contributed by atoms with van der Waals surface area (Å²) in [5.41, 5.74) is 7.42. The lowest BCUT2D eigenvalue weighted by atomic mass is 10.1. The highest BCUT2D eigenvalue weighted by molar-refractivity contribution is 6.31. The average molecular weight is 279 g/mol. The molecule has 0 radical (unpaired) electrons. The van der Waals surface area contributed by atoms with Gasteiger partial charge in [-0.1, -0.05) is 25.4 Å². The molecule has 0 aliphatic rings. The average Bonchev–Trinajstić information content (AvgIpc) is 2.77. The molecule has 5 nitrogen and oxygen atoms in total. The van der Waals surface area contributed by atoms with E-state index >= 15 is 0 Å². The van der Waals surface area contributed by atoms with Crippen LogP contribution in [0.5, 0.6) is 0 Å². The van der Waals surface area contributed by atoms with E-state index in [2.05, 4.69) is 15.5 Å². The van der Waals surface area contributed by atoms with Gasteiger partial charge in [0.15, 0.2) is 5.82 Å². The third kappa shape index (κ3) is 3.06. The molecular weight excluding hydrogens is 264 g/mol. The fraction of sp³-hybridized carbons (Fsp3) is 0.231. The zero-order chi connectivity index (χ0) is 14.0. The Labute approximate surface area is 116 Å². The zero-order valence-electron chi connectivity index (χ0n) is 10.7. The van der Waals surface area contributed by atoms with Gasteiger partial charge in [-0.25, -0.2) is 0 Å². The van der Waals surface area contributed by atoms with Crippen LogP contribution in [0.3, 0.4) is 0 Å². The molecule has 4 N–H and O–H groups in total. The van der Waals surface area contributed by atoms with E-state index in [1.165, 1.54) is 0 Å². The van der Waals surface area contributed by atoms with E-state index in [0.29, 0.717) is 28.0 Å². The summed E-state index contributed by atoms with van der Waals surface area (Å²) in [5, 5.41) is 10.1. The maximum atomic E-state index is 12.0. The van der Waals surface area contributed by atoms with Crippen molar-refractivity contribution in [3.63, 3.8) is 0 Å². The quantitative estimate of drug-likeness (QED) is 0.755. The van der Waals surface area contributed by atoms with E-state index in [9.17, 15) is 4.79 Å². The first kappa shape index (κ1) is 13.4. The molecule has 0 bridgehead atoms. The predicted molar refractivity (Wildman–Crippen MR) is 76.5 cm³/mol. The van der Waals surface area contributed by atoms with Crippen LogP contribution in [0.15, 0.2) is 24.3 Å². The van der Waals surface area contributed by atoms with Gasteiger partial charge in [0, 0.05) is 22.5 Å². The summed E-state index contributed by atoms with van der Waals surface area (Å²) < 4.78 is 0. The van der Waals surface area contributed by atoms with Crippen LogP contribution in [0.25, 0.3) is 0 Å². The number of carbonyl (C=O) groups excluding carboxylic acids is 1. The van der Waals surface area contributed by atoms with E-state index < -0.39 is 0 Å². The van der Waals surface area contributed by atoms with Crippen molar-refractivity contribution < 1.29 is 4.79 Å². The van der Waals surface area contributed by atoms with Crippen molar-refractivity contribution >= 4 is 29.0 Å². The summed E-state index contributed by atoms with van der Waals surface area (Å²) in [7, 11) is 0. The Morgan fingerprint density at radius 3 is 2.74 bits per heavy atom. The Bertz CT molecular complexity index is 606. The minimum atomic E-state index is -0.309. The number of amides is 1. The maximum Gasteiger partial charge on any atom is 0.258 e. The Morgan fingerprint density at radius 1 is 1.42 bits per heavy atom. The van der Waals surface area contributed by atoms with Crippen LogP contribution in [0.1, 0.15) is 35.8 Å². The number of hydrogen-bond donors (Lipinski definition) is 3. The van der Waals surface area contributed by atoms with Crippen molar-refractivity contribution in [2.75, 3.05) is 11.1 Å². The molecule has 0 saturated heterocycles. The second-order valence-electron chi connectivity index (χ2n) is 4.55. The molecule has 6 heteroatoms. The fourth-order valence-corrected chi connectivity index (χ4v) is 1.80. The third-order valence-electron chi connectivity index (χ3n) is 2.72. The van der Waals surface area contributed by atoms with Crippen molar-refractivity contribution in [3.8, 4) is 0 Å². The maximum absolute atomic E-state index is 12.0. The monoisotopic (exact) mass is 278 g/mol. The summed E-state index contributed by atoms with van der Waals surface area (Å²) in [4.78, 5) is 12.0. The van der Waals surface area contributed by atoms with Gasteiger partial charge in [-0.3, -0.25) is 9.89 Å². The summed E-state index contributed by atoms with van der Waals surface area (Å²) in [6, 6.07) is 6.55. The van der Waals surface area contributed by atoms with Gasteiger partial charge in [0.1, 0.15) is 0 Å². The van der Waals surface area contributed by atoms with Crippen molar-refractivity contribution in [1.82, 2.24) is 10.2 Å². The number of nitrogen functional groups attached to an aromatic ring is 1. The van der Waals surface area contributed by atoms with E-state index in [1.54, 1.807) is 24.3 Å². The number of anilines is 2. The number of benzene rings is 1. The highest BCUT2D eigenvalue weighted by atomic mass is 35.5. The number of aromatic amines is 1. The Morgan fingerprint density at radius 2 is 2.16 bits per heavy atom. The predicted octanol–water partition coefficient (Wildman–Crippen LogP) is 3.02. The molecule has 100 valence electrons. The topological polar surface area (TPSA) is 83.8 Å². The first-order valence-electron chi connectivity index (χ1n) is 5.89. The molecule has 0 fully saturated rings. The number of aromatic nitrogens is 2. The van der Waals surface area contributed by atoms with Gasteiger partial charge < -0.3 is 11.1 Å². The van der Waals surface area contributed by atoms with Gasteiger partial charge in [-0.2, -0.15) is 5.10 Å². The third-order valence-corrected chi connectivity index (χ3v) is 2.95. The summed E-state index contributed by atoms with van der Waals surface area (Å²) >= 11 is 5.79. The minimum Gasteiger partial charge on any atom is -0.398 e. The van der Waals surface area contributed by atoms with E-state index in [4.69, 9.17) is 17.3 Å². The molecule has 19 heavy (non-hydrogen) atoms. The molecular formula is C13H15ClN4O. The van der Waals surface area contributed by atoms with Crippen molar-refractivity contribution in [3.05, 3.63) is 40.5 Å². The van der Waals surface area contributed by atoms with Crippen LogP contribution >= 0.6 is 11.6 Å². The lowest BCUT2D eigenvalue weighted by Crippen LogP contribution is -2.14. The standard InChI is InChI=1S/C13H15ClN4O/c1-7(2)11-6-12(18-17-11)16-13(19)9-4-3-8(14)5-10(9)15/h3-7H,15H2,1-2H3,(H2,16,17,18,19). The summed E-state index contributed by atoms with van der Waals surface area (Å²) in [6.07, 6.45) is 0. The van der Waals surface area contributed by atoms with Crippen molar-refractivity contribution in [1.29, 1.82) is 0 Å². The number of rotatable bonds is 3. The highest BCUT2D eigenvalue weighted by Crippen LogP contribution is 2.20. The van der Waals surface area contributed by atoms with E-state index in [0.717, 1.165) is 5.69 Å².